The van der Waals surface area contributed by atoms with Crippen LogP contribution in [0.4, 0.5) is 0 Å². The van der Waals surface area contributed by atoms with Gasteiger partial charge in [-0.3, -0.25) is 0 Å². The minimum absolute atomic E-state index is 0.0265. The normalized spacial score (nSPS) is 40.9. The van der Waals surface area contributed by atoms with Gasteiger partial charge < -0.3 is 24.5 Å². The van der Waals surface area contributed by atoms with Crippen LogP contribution in [0.5, 0.6) is 0 Å². The molecule has 0 bridgehead atoms. The molecule has 0 spiro atoms. The third-order valence-electron chi connectivity index (χ3n) is 3.18. The summed E-state index contributed by atoms with van der Waals surface area (Å²) in [4.78, 5) is 14.9. The van der Waals surface area contributed by atoms with Gasteiger partial charge in [-0.05, 0) is 6.92 Å². The number of ether oxygens (including phenoxy) is 2. The summed E-state index contributed by atoms with van der Waals surface area (Å²) in [7, 11) is 0. The molecule has 2 aliphatic heterocycles. The minimum Gasteiger partial charge on any atom is -0.388 e. The summed E-state index contributed by atoms with van der Waals surface area (Å²) >= 11 is 0. The molecule has 5 atom stereocenters. The Morgan fingerprint density at radius 2 is 2.33 bits per heavy atom. The van der Waals surface area contributed by atoms with Crippen molar-refractivity contribution in [3.05, 3.63) is 22.3 Å². The van der Waals surface area contributed by atoms with Gasteiger partial charge in [0.05, 0.1) is 13.2 Å². The van der Waals surface area contributed by atoms with Crippen molar-refractivity contribution in [2.75, 3.05) is 13.2 Å². The largest absolute Gasteiger partial charge is 0.388 e. The first-order valence-corrected chi connectivity index (χ1v) is 5.56. The number of allylic oxidation sites excluding steroid dienone is 1. The van der Waals surface area contributed by atoms with Crippen LogP contribution in [0, 0.1) is 10.1 Å². The van der Waals surface area contributed by atoms with Gasteiger partial charge in [-0.15, -0.1) is 10.1 Å². The molecule has 2 aliphatic rings. The molecule has 2 fully saturated rings. The van der Waals surface area contributed by atoms with Gasteiger partial charge in [0, 0.05) is 0 Å². The van der Waals surface area contributed by atoms with Crippen molar-refractivity contribution in [2.24, 2.45) is 0 Å². The van der Waals surface area contributed by atoms with Crippen molar-refractivity contribution in [3.63, 3.8) is 0 Å². The molecule has 2 N–H and O–H groups in total. The maximum atomic E-state index is 10.5. The zero-order valence-corrected chi connectivity index (χ0v) is 9.76. The topological polar surface area (TPSA) is 111 Å². The molecule has 1 unspecified atom stereocenters. The number of hydrogen-bond acceptors (Lipinski definition) is 7. The van der Waals surface area contributed by atoms with Crippen molar-refractivity contribution in [2.45, 2.75) is 36.9 Å². The molecule has 0 radical (unpaired) electrons. The highest BCUT2D eigenvalue weighted by molar-refractivity contribution is 5.12. The van der Waals surface area contributed by atoms with Crippen LogP contribution in [-0.4, -0.2) is 58.5 Å². The highest BCUT2D eigenvalue weighted by atomic mass is 17.0. The molecule has 2 rings (SSSR count). The number of rotatable bonds is 4. The first-order valence-electron chi connectivity index (χ1n) is 5.56. The fraction of sp³-hybridized carbons (Fsp3) is 0.800. The second-order valence-corrected chi connectivity index (χ2v) is 4.36. The van der Waals surface area contributed by atoms with E-state index >= 15 is 0 Å². The van der Waals surface area contributed by atoms with Gasteiger partial charge in [0.25, 0.3) is 5.09 Å². The maximum absolute atomic E-state index is 10.5. The van der Waals surface area contributed by atoms with Crippen LogP contribution >= 0.6 is 0 Å². The SMILES string of the molecule is CC=CC(O[N+](=O)[O-])[C@]1(O)CO[C@@H]2[C@@H](O)CO[C@@H]21. The van der Waals surface area contributed by atoms with Crippen LogP contribution in [0.2, 0.25) is 0 Å². The summed E-state index contributed by atoms with van der Waals surface area (Å²) < 4.78 is 10.5. The minimum atomic E-state index is -1.68. The quantitative estimate of drug-likeness (QED) is 0.380. The molecular weight excluding hydrogens is 246 g/mol. The Morgan fingerprint density at radius 1 is 1.61 bits per heavy atom. The third-order valence-corrected chi connectivity index (χ3v) is 3.18. The van der Waals surface area contributed by atoms with E-state index in [4.69, 9.17) is 9.47 Å². The van der Waals surface area contributed by atoms with E-state index in [0.717, 1.165) is 0 Å². The van der Waals surface area contributed by atoms with E-state index in [2.05, 4.69) is 4.84 Å². The Balaban J connectivity index is 2.20. The summed E-state index contributed by atoms with van der Waals surface area (Å²) in [6.45, 7) is 1.48. The number of fused-ring (bicyclic) bond motifs is 1. The van der Waals surface area contributed by atoms with Crippen LogP contribution in [0.3, 0.4) is 0 Å². The van der Waals surface area contributed by atoms with Gasteiger partial charge in [-0.1, -0.05) is 12.2 Å². The van der Waals surface area contributed by atoms with E-state index in [1.807, 2.05) is 0 Å². The molecule has 0 aromatic carbocycles. The summed E-state index contributed by atoms with van der Waals surface area (Å²) in [6, 6.07) is 0. The van der Waals surface area contributed by atoms with Crippen LogP contribution in [0.15, 0.2) is 12.2 Å². The van der Waals surface area contributed by atoms with E-state index in [-0.39, 0.29) is 13.2 Å². The van der Waals surface area contributed by atoms with Crippen LogP contribution in [-0.2, 0) is 14.3 Å². The lowest BCUT2D eigenvalue weighted by Crippen LogP contribution is -2.53. The number of aliphatic hydroxyl groups is 2. The van der Waals surface area contributed by atoms with E-state index in [1.54, 1.807) is 6.92 Å². The molecule has 2 heterocycles. The van der Waals surface area contributed by atoms with E-state index < -0.39 is 35.1 Å². The van der Waals surface area contributed by atoms with Gasteiger partial charge in [-0.25, -0.2) is 0 Å². The maximum Gasteiger partial charge on any atom is 0.295 e. The average molecular weight is 261 g/mol. The zero-order chi connectivity index (χ0) is 13.3. The second kappa shape index (κ2) is 4.81. The molecule has 0 aromatic heterocycles. The number of hydrogen-bond donors (Lipinski definition) is 2. The van der Waals surface area contributed by atoms with E-state index in [9.17, 15) is 20.3 Å². The molecule has 102 valence electrons. The van der Waals surface area contributed by atoms with E-state index in [0.29, 0.717) is 0 Å². The smallest absolute Gasteiger partial charge is 0.295 e. The monoisotopic (exact) mass is 261 g/mol. The van der Waals surface area contributed by atoms with Crippen LogP contribution in [0.1, 0.15) is 6.92 Å². The highest BCUT2D eigenvalue weighted by Gasteiger charge is 2.59. The van der Waals surface area contributed by atoms with Gasteiger partial charge in [0.1, 0.15) is 23.9 Å². The predicted octanol–water partition coefficient (Wildman–Crippen LogP) is -0.971. The zero-order valence-electron chi connectivity index (χ0n) is 9.76. The summed E-state index contributed by atoms with van der Waals surface area (Å²) in [5, 5.41) is 29.5. The van der Waals surface area contributed by atoms with Gasteiger partial charge >= 0.3 is 0 Å². The van der Waals surface area contributed by atoms with Crippen molar-refractivity contribution >= 4 is 0 Å². The van der Waals surface area contributed by atoms with Gasteiger partial charge in [0.2, 0.25) is 0 Å². The fourth-order valence-electron chi connectivity index (χ4n) is 2.34. The Bertz CT molecular complexity index is 360. The first kappa shape index (κ1) is 13.2. The Morgan fingerprint density at radius 3 is 2.94 bits per heavy atom. The third kappa shape index (κ3) is 2.07. The van der Waals surface area contributed by atoms with Crippen molar-refractivity contribution < 1.29 is 29.6 Å². The van der Waals surface area contributed by atoms with Gasteiger partial charge in [0.15, 0.2) is 6.10 Å². The summed E-state index contributed by atoms with van der Waals surface area (Å²) in [5.74, 6) is 0. The van der Waals surface area contributed by atoms with Crippen molar-refractivity contribution in [3.8, 4) is 0 Å². The molecule has 8 heteroatoms. The molecule has 0 amide bonds. The molecule has 8 nitrogen and oxygen atoms in total. The van der Waals surface area contributed by atoms with E-state index in [1.165, 1.54) is 12.2 Å². The summed E-state index contributed by atoms with van der Waals surface area (Å²) in [5.41, 5.74) is -1.68. The molecule has 2 saturated heterocycles. The average Bonchev–Trinajstić information content (AvgIpc) is 2.82. The lowest BCUT2D eigenvalue weighted by molar-refractivity contribution is -0.769. The molecule has 0 aromatic rings. The number of nitrogens with zero attached hydrogens (tertiary/aromatic N) is 1. The first-order chi connectivity index (χ1) is 8.49. The molecule has 0 saturated carbocycles. The molecule has 0 aliphatic carbocycles. The Kier molecular flexibility index (Phi) is 3.53. The van der Waals surface area contributed by atoms with Crippen molar-refractivity contribution in [1.29, 1.82) is 0 Å². The van der Waals surface area contributed by atoms with Crippen molar-refractivity contribution in [1.82, 2.24) is 0 Å². The fourth-order valence-corrected chi connectivity index (χ4v) is 2.34. The Labute approximate surface area is 103 Å². The van der Waals surface area contributed by atoms with Crippen LogP contribution < -0.4 is 0 Å². The summed E-state index contributed by atoms with van der Waals surface area (Å²) in [6.07, 6.45) is -0.663. The lowest BCUT2D eigenvalue weighted by Gasteiger charge is -2.31. The van der Waals surface area contributed by atoms with Crippen LogP contribution in [0.25, 0.3) is 0 Å². The predicted molar refractivity (Wildman–Crippen MR) is 57.1 cm³/mol. The number of aliphatic hydroxyl groups excluding tert-OH is 1. The molecule has 18 heavy (non-hydrogen) atoms. The Hall–Kier alpha value is -1.22. The lowest BCUT2D eigenvalue weighted by atomic mass is 9.90. The molecular formula is C10H15NO7. The standard InChI is InChI=1S/C10H15NO7/c1-2-3-7(18-11(14)15)10(13)5-17-8-6(12)4-16-9(8)10/h2-3,6-9,12-13H,4-5H2,1H3/t6-,7?,8+,9-,10+/m0/s1. The second-order valence-electron chi connectivity index (χ2n) is 4.36. The van der Waals surface area contributed by atoms with Gasteiger partial charge in [-0.2, -0.15) is 0 Å². The highest BCUT2D eigenvalue weighted by Crippen LogP contribution is 2.37.